The van der Waals surface area contributed by atoms with E-state index in [1.807, 2.05) is 12.1 Å². The summed E-state index contributed by atoms with van der Waals surface area (Å²) >= 11 is 0. The molecule has 1 aliphatic rings. The first-order chi connectivity index (χ1) is 8.72. The van der Waals surface area contributed by atoms with Gasteiger partial charge in [-0.2, -0.15) is 0 Å². The first-order valence-corrected chi connectivity index (χ1v) is 6.67. The van der Waals surface area contributed by atoms with Gasteiger partial charge in [-0.3, -0.25) is 0 Å². The van der Waals surface area contributed by atoms with Crippen LogP contribution in [-0.2, 0) is 6.42 Å². The Hall–Kier alpha value is -1.22. The van der Waals surface area contributed by atoms with Crippen molar-refractivity contribution in [3.63, 3.8) is 0 Å². The third kappa shape index (κ3) is 3.16. The number of methoxy groups -OCH3 is 2. The molecule has 0 aliphatic carbocycles. The standard InChI is InChI=1S/C15H23NO2/c1-11-4-5-12(10-16-11)8-13-6-7-14(17-2)9-15(13)18-3/h6-7,9,11-12,16H,4-5,8,10H2,1-3H3. The van der Waals surface area contributed by atoms with Crippen molar-refractivity contribution >= 4 is 0 Å². The van der Waals surface area contributed by atoms with Crippen molar-refractivity contribution in [2.45, 2.75) is 32.2 Å². The molecule has 0 amide bonds. The summed E-state index contributed by atoms with van der Waals surface area (Å²) in [5.41, 5.74) is 1.28. The molecule has 2 rings (SSSR count). The minimum atomic E-state index is 0.666. The fourth-order valence-corrected chi connectivity index (χ4v) is 2.56. The third-order valence-corrected chi connectivity index (χ3v) is 3.77. The lowest BCUT2D eigenvalue weighted by Gasteiger charge is -2.28. The lowest BCUT2D eigenvalue weighted by atomic mass is 9.89. The predicted molar refractivity (Wildman–Crippen MR) is 73.4 cm³/mol. The summed E-state index contributed by atoms with van der Waals surface area (Å²) < 4.78 is 10.7. The fourth-order valence-electron chi connectivity index (χ4n) is 2.56. The maximum Gasteiger partial charge on any atom is 0.125 e. The van der Waals surface area contributed by atoms with Gasteiger partial charge >= 0.3 is 0 Å². The van der Waals surface area contributed by atoms with Crippen LogP contribution in [0.15, 0.2) is 18.2 Å². The molecule has 3 heteroatoms. The van der Waals surface area contributed by atoms with Gasteiger partial charge in [0.15, 0.2) is 0 Å². The molecule has 100 valence electrons. The van der Waals surface area contributed by atoms with Crippen LogP contribution in [0.25, 0.3) is 0 Å². The molecule has 0 saturated carbocycles. The Kier molecular flexibility index (Phi) is 4.48. The molecule has 0 bridgehead atoms. The van der Waals surface area contributed by atoms with Crippen molar-refractivity contribution in [2.24, 2.45) is 5.92 Å². The predicted octanol–water partition coefficient (Wildman–Crippen LogP) is 2.63. The van der Waals surface area contributed by atoms with Gasteiger partial charge in [-0.1, -0.05) is 6.07 Å². The molecule has 1 heterocycles. The van der Waals surface area contributed by atoms with E-state index in [2.05, 4.69) is 18.3 Å². The zero-order chi connectivity index (χ0) is 13.0. The molecule has 1 fully saturated rings. The maximum absolute atomic E-state index is 5.45. The summed E-state index contributed by atoms with van der Waals surface area (Å²) in [5.74, 6) is 2.50. The van der Waals surface area contributed by atoms with E-state index in [1.54, 1.807) is 14.2 Å². The van der Waals surface area contributed by atoms with Gasteiger partial charge in [0.05, 0.1) is 14.2 Å². The molecular formula is C15H23NO2. The third-order valence-electron chi connectivity index (χ3n) is 3.77. The molecule has 0 spiro atoms. The average molecular weight is 249 g/mol. The van der Waals surface area contributed by atoms with Crippen LogP contribution in [0.3, 0.4) is 0 Å². The van der Waals surface area contributed by atoms with E-state index in [1.165, 1.54) is 18.4 Å². The van der Waals surface area contributed by atoms with Gasteiger partial charge in [0, 0.05) is 12.1 Å². The number of nitrogens with one attached hydrogen (secondary N) is 1. The fraction of sp³-hybridized carbons (Fsp3) is 0.600. The van der Waals surface area contributed by atoms with Crippen LogP contribution < -0.4 is 14.8 Å². The van der Waals surface area contributed by atoms with E-state index >= 15 is 0 Å². The van der Waals surface area contributed by atoms with Crippen molar-refractivity contribution in [1.82, 2.24) is 5.32 Å². The molecule has 0 aromatic heterocycles. The van der Waals surface area contributed by atoms with E-state index in [9.17, 15) is 0 Å². The second-order valence-electron chi connectivity index (χ2n) is 5.13. The Morgan fingerprint density at radius 1 is 1.22 bits per heavy atom. The van der Waals surface area contributed by atoms with Gasteiger partial charge in [0.2, 0.25) is 0 Å². The van der Waals surface area contributed by atoms with Crippen LogP contribution in [0.1, 0.15) is 25.3 Å². The van der Waals surface area contributed by atoms with Crippen LogP contribution in [0.5, 0.6) is 11.5 Å². The van der Waals surface area contributed by atoms with E-state index in [0.717, 1.165) is 24.5 Å². The molecule has 1 aromatic carbocycles. The molecule has 1 saturated heterocycles. The average Bonchev–Trinajstić information content (AvgIpc) is 2.41. The van der Waals surface area contributed by atoms with E-state index < -0.39 is 0 Å². The van der Waals surface area contributed by atoms with Crippen LogP contribution in [-0.4, -0.2) is 26.8 Å². The Balaban J connectivity index is 2.04. The number of benzene rings is 1. The molecular weight excluding hydrogens is 226 g/mol. The number of rotatable bonds is 4. The minimum absolute atomic E-state index is 0.666. The SMILES string of the molecule is COc1ccc(CC2CCC(C)NC2)c(OC)c1. The van der Waals surface area contributed by atoms with Crippen LogP contribution in [0, 0.1) is 5.92 Å². The van der Waals surface area contributed by atoms with Gasteiger partial charge < -0.3 is 14.8 Å². The van der Waals surface area contributed by atoms with Gasteiger partial charge in [-0.15, -0.1) is 0 Å². The molecule has 2 unspecified atom stereocenters. The van der Waals surface area contributed by atoms with Crippen LogP contribution >= 0.6 is 0 Å². The van der Waals surface area contributed by atoms with E-state index in [-0.39, 0.29) is 0 Å². The van der Waals surface area contributed by atoms with E-state index in [4.69, 9.17) is 9.47 Å². The Morgan fingerprint density at radius 3 is 2.67 bits per heavy atom. The Bertz CT molecular complexity index is 384. The van der Waals surface area contributed by atoms with Crippen molar-refractivity contribution in [2.75, 3.05) is 20.8 Å². The second kappa shape index (κ2) is 6.10. The monoisotopic (exact) mass is 249 g/mol. The van der Waals surface area contributed by atoms with Gasteiger partial charge in [0.25, 0.3) is 0 Å². The van der Waals surface area contributed by atoms with Gasteiger partial charge in [-0.25, -0.2) is 0 Å². The highest BCUT2D eigenvalue weighted by Crippen LogP contribution is 2.28. The Labute approximate surface area is 109 Å². The first-order valence-electron chi connectivity index (χ1n) is 6.67. The smallest absolute Gasteiger partial charge is 0.125 e. The zero-order valence-electron chi connectivity index (χ0n) is 11.5. The summed E-state index contributed by atoms with van der Waals surface area (Å²) in [6.45, 7) is 3.36. The quantitative estimate of drug-likeness (QED) is 0.890. The molecule has 3 nitrogen and oxygen atoms in total. The highest BCUT2D eigenvalue weighted by atomic mass is 16.5. The normalized spacial score (nSPS) is 23.7. The molecule has 18 heavy (non-hydrogen) atoms. The van der Waals surface area contributed by atoms with Gasteiger partial charge in [-0.05, 0) is 50.3 Å². The highest BCUT2D eigenvalue weighted by molar-refractivity contribution is 5.41. The molecule has 0 radical (unpaired) electrons. The minimum Gasteiger partial charge on any atom is -0.497 e. The lowest BCUT2D eigenvalue weighted by molar-refractivity contribution is 0.317. The largest absolute Gasteiger partial charge is 0.497 e. The molecule has 2 atom stereocenters. The van der Waals surface area contributed by atoms with Crippen LogP contribution in [0.4, 0.5) is 0 Å². The molecule has 1 aliphatic heterocycles. The van der Waals surface area contributed by atoms with Crippen molar-refractivity contribution in [3.05, 3.63) is 23.8 Å². The topological polar surface area (TPSA) is 30.5 Å². The summed E-state index contributed by atoms with van der Waals surface area (Å²) in [6, 6.07) is 6.76. The number of ether oxygens (including phenoxy) is 2. The van der Waals surface area contributed by atoms with Crippen LogP contribution in [0.2, 0.25) is 0 Å². The van der Waals surface area contributed by atoms with Crippen molar-refractivity contribution < 1.29 is 9.47 Å². The summed E-state index contributed by atoms with van der Waals surface area (Å²) in [6.07, 6.45) is 3.64. The van der Waals surface area contributed by atoms with Crippen molar-refractivity contribution in [1.29, 1.82) is 0 Å². The number of hydrogen-bond donors (Lipinski definition) is 1. The first kappa shape index (κ1) is 13.2. The maximum atomic E-state index is 5.45. The summed E-state index contributed by atoms with van der Waals surface area (Å²) in [4.78, 5) is 0. The zero-order valence-corrected chi connectivity index (χ0v) is 11.5. The second-order valence-corrected chi connectivity index (χ2v) is 5.13. The highest BCUT2D eigenvalue weighted by Gasteiger charge is 2.19. The summed E-state index contributed by atoms with van der Waals surface area (Å²) in [5, 5.41) is 3.55. The molecule has 1 N–H and O–H groups in total. The van der Waals surface area contributed by atoms with Crippen molar-refractivity contribution in [3.8, 4) is 11.5 Å². The number of piperidine rings is 1. The number of hydrogen-bond acceptors (Lipinski definition) is 3. The Morgan fingerprint density at radius 2 is 2.06 bits per heavy atom. The lowest BCUT2D eigenvalue weighted by Crippen LogP contribution is -2.37. The molecule has 1 aromatic rings. The van der Waals surface area contributed by atoms with Gasteiger partial charge in [0.1, 0.15) is 11.5 Å². The van der Waals surface area contributed by atoms with E-state index in [0.29, 0.717) is 12.0 Å². The summed E-state index contributed by atoms with van der Waals surface area (Å²) in [7, 11) is 3.40.